The minimum absolute atomic E-state index is 0.0283. The van der Waals surface area contributed by atoms with Crippen molar-refractivity contribution in [1.82, 2.24) is 15.2 Å². The van der Waals surface area contributed by atoms with Crippen molar-refractivity contribution in [3.63, 3.8) is 0 Å². The van der Waals surface area contributed by atoms with Gasteiger partial charge in [0.15, 0.2) is 5.65 Å². The number of fused-ring (bicyclic) bond motifs is 1. The van der Waals surface area contributed by atoms with E-state index in [9.17, 15) is 4.79 Å². The number of hydrogen-bond donors (Lipinski definition) is 3. The highest BCUT2D eigenvalue weighted by atomic mass is 16.1. The molecule has 2 aromatic rings. The zero-order valence-electron chi connectivity index (χ0n) is 6.46. The molecule has 0 saturated heterocycles. The summed E-state index contributed by atoms with van der Waals surface area (Å²) in [7, 11) is 0. The zero-order chi connectivity index (χ0) is 9.42. The molecule has 0 spiro atoms. The smallest absolute Gasteiger partial charge is 0.267 e. The van der Waals surface area contributed by atoms with Crippen molar-refractivity contribution in [2.75, 3.05) is 5.73 Å². The molecular weight excluding hydrogens is 170 g/mol. The highest BCUT2D eigenvalue weighted by Gasteiger charge is 2.06. The van der Waals surface area contributed by atoms with E-state index in [1.54, 1.807) is 6.07 Å². The van der Waals surface area contributed by atoms with Gasteiger partial charge in [0.05, 0.1) is 5.39 Å². The summed E-state index contributed by atoms with van der Waals surface area (Å²) in [6.07, 6.45) is 0. The molecule has 13 heavy (non-hydrogen) atoms. The molecule has 0 amide bonds. The second-order valence-corrected chi connectivity index (χ2v) is 2.52. The third kappa shape index (κ3) is 0.945. The number of aromatic amines is 2. The van der Waals surface area contributed by atoms with Gasteiger partial charge in [-0.2, -0.15) is 10.4 Å². The summed E-state index contributed by atoms with van der Waals surface area (Å²) in [6, 6.07) is 3.17. The molecule has 2 rings (SSSR count). The van der Waals surface area contributed by atoms with Crippen LogP contribution in [0.3, 0.4) is 0 Å². The fourth-order valence-electron chi connectivity index (χ4n) is 1.07. The maximum absolute atomic E-state index is 11.1. The predicted molar refractivity (Wildman–Crippen MR) is 45.8 cm³/mol. The van der Waals surface area contributed by atoms with Gasteiger partial charge in [-0.15, -0.1) is 0 Å². The summed E-state index contributed by atoms with van der Waals surface area (Å²) in [6.45, 7) is 0. The molecule has 0 aromatic carbocycles. The van der Waals surface area contributed by atoms with Gasteiger partial charge in [0, 0.05) is 0 Å². The van der Waals surface area contributed by atoms with Gasteiger partial charge in [-0.05, 0) is 6.07 Å². The van der Waals surface area contributed by atoms with Crippen molar-refractivity contribution in [3.8, 4) is 6.07 Å². The molecule has 0 radical (unpaired) electrons. The molecule has 0 unspecified atom stereocenters. The Labute approximate surface area is 72.0 Å². The van der Waals surface area contributed by atoms with Crippen molar-refractivity contribution in [1.29, 1.82) is 5.26 Å². The molecule has 0 aliphatic rings. The Hall–Kier alpha value is -2.29. The van der Waals surface area contributed by atoms with Gasteiger partial charge in [-0.1, -0.05) is 0 Å². The molecule has 0 bridgehead atoms. The van der Waals surface area contributed by atoms with E-state index < -0.39 is 5.56 Å². The largest absolute Gasteiger partial charge is 0.384 e. The van der Waals surface area contributed by atoms with E-state index in [0.29, 0.717) is 16.9 Å². The molecule has 6 nitrogen and oxygen atoms in total. The summed E-state index contributed by atoms with van der Waals surface area (Å²) in [5.74, 6) is 0.336. The van der Waals surface area contributed by atoms with Crippen molar-refractivity contribution >= 4 is 16.9 Å². The molecule has 2 aromatic heterocycles. The second kappa shape index (κ2) is 2.35. The number of nitriles is 1. The maximum atomic E-state index is 11.1. The van der Waals surface area contributed by atoms with E-state index in [0.717, 1.165) is 0 Å². The first-order valence-electron chi connectivity index (χ1n) is 3.49. The third-order valence-corrected chi connectivity index (χ3v) is 1.72. The Kier molecular flexibility index (Phi) is 1.33. The lowest BCUT2D eigenvalue weighted by Crippen LogP contribution is -2.09. The predicted octanol–water partition coefficient (Wildman–Crippen LogP) is -0.295. The number of nitrogens with two attached hydrogens (primary N) is 1. The van der Waals surface area contributed by atoms with Crippen molar-refractivity contribution in [2.45, 2.75) is 0 Å². The van der Waals surface area contributed by atoms with Gasteiger partial charge >= 0.3 is 0 Å². The average molecular weight is 175 g/mol. The summed E-state index contributed by atoms with van der Waals surface area (Å²) < 4.78 is 0. The van der Waals surface area contributed by atoms with Crippen LogP contribution in [0, 0.1) is 11.3 Å². The number of nitrogens with one attached hydrogen (secondary N) is 2. The lowest BCUT2D eigenvalue weighted by molar-refractivity contribution is 1.09. The quantitative estimate of drug-likeness (QED) is 0.510. The standard InChI is InChI=1S/C7H5N5O/c8-2-3-1-4-5(9)11-12-6(4)10-7(3)13/h1H,(H4,9,10,11,12,13). The highest BCUT2D eigenvalue weighted by Crippen LogP contribution is 2.13. The van der Waals surface area contributed by atoms with E-state index in [4.69, 9.17) is 11.0 Å². The molecule has 0 aliphatic carbocycles. The molecule has 2 heterocycles. The first-order chi connectivity index (χ1) is 6.22. The molecule has 0 fully saturated rings. The van der Waals surface area contributed by atoms with Gasteiger partial charge in [-0.3, -0.25) is 9.89 Å². The van der Waals surface area contributed by atoms with Gasteiger partial charge in [0.1, 0.15) is 17.5 Å². The van der Waals surface area contributed by atoms with Crippen LogP contribution in [0.1, 0.15) is 5.56 Å². The lowest BCUT2D eigenvalue weighted by atomic mass is 10.2. The van der Waals surface area contributed by atoms with Crippen LogP contribution in [0.25, 0.3) is 11.0 Å². The number of H-pyrrole nitrogens is 2. The Morgan fingerprint density at radius 2 is 2.38 bits per heavy atom. The minimum Gasteiger partial charge on any atom is -0.384 e. The van der Waals surface area contributed by atoms with E-state index in [2.05, 4.69) is 15.2 Å². The molecule has 0 aliphatic heterocycles. The number of nitrogen functional groups attached to an aromatic ring is 1. The molecule has 0 saturated carbocycles. The van der Waals surface area contributed by atoms with Crippen molar-refractivity contribution in [2.24, 2.45) is 0 Å². The lowest BCUT2D eigenvalue weighted by Gasteiger charge is -1.89. The summed E-state index contributed by atoms with van der Waals surface area (Å²) in [5, 5.41) is 15.4. The molecule has 4 N–H and O–H groups in total. The first-order valence-corrected chi connectivity index (χ1v) is 3.49. The zero-order valence-corrected chi connectivity index (χ0v) is 6.46. The fraction of sp³-hybridized carbons (Fsp3) is 0. The van der Waals surface area contributed by atoms with Crippen molar-refractivity contribution in [3.05, 3.63) is 22.0 Å². The molecule has 6 heteroatoms. The Morgan fingerprint density at radius 3 is 3.08 bits per heavy atom. The number of anilines is 1. The minimum atomic E-state index is -0.457. The molecule has 0 atom stereocenters. The van der Waals surface area contributed by atoms with Gasteiger partial charge in [0.2, 0.25) is 0 Å². The number of hydrogen-bond acceptors (Lipinski definition) is 4. The van der Waals surface area contributed by atoms with Gasteiger partial charge < -0.3 is 10.7 Å². The van der Waals surface area contributed by atoms with Crippen LogP contribution < -0.4 is 11.3 Å². The third-order valence-electron chi connectivity index (χ3n) is 1.72. The van der Waals surface area contributed by atoms with E-state index in [1.807, 2.05) is 0 Å². The first kappa shape index (κ1) is 7.36. The fourth-order valence-corrected chi connectivity index (χ4v) is 1.07. The van der Waals surface area contributed by atoms with E-state index in [-0.39, 0.29) is 5.56 Å². The normalized spacial score (nSPS) is 10.1. The van der Waals surface area contributed by atoms with Gasteiger partial charge in [0.25, 0.3) is 5.56 Å². The maximum Gasteiger partial charge on any atom is 0.267 e. The number of aromatic nitrogens is 3. The van der Waals surface area contributed by atoms with Crippen molar-refractivity contribution < 1.29 is 0 Å². The highest BCUT2D eigenvalue weighted by molar-refractivity contribution is 5.86. The van der Waals surface area contributed by atoms with E-state index >= 15 is 0 Å². The van der Waals surface area contributed by atoms with Gasteiger partial charge in [-0.25, -0.2) is 0 Å². The number of rotatable bonds is 0. The molecular formula is C7H5N5O. The van der Waals surface area contributed by atoms with Crippen LogP contribution in [-0.4, -0.2) is 15.2 Å². The summed E-state index contributed by atoms with van der Waals surface area (Å²) >= 11 is 0. The molecule has 64 valence electrons. The number of pyridine rings is 1. The number of nitrogens with zero attached hydrogens (tertiary/aromatic N) is 2. The van der Waals surface area contributed by atoms with Crippen LogP contribution in [0.5, 0.6) is 0 Å². The van der Waals surface area contributed by atoms with Crippen LogP contribution in [0.15, 0.2) is 10.9 Å². The Bertz CT molecular complexity index is 558. The second-order valence-electron chi connectivity index (χ2n) is 2.52. The van der Waals surface area contributed by atoms with Crippen LogP contribution >= 0.6 is 0 Å². The summed E-state index contributed by atoms with van der Waals surface area (Å²) in [4.78, 5) is 13.5. The SMILES string of the molecule is N#Cc1cc2c(N)[nH]nc2[nH]c1=O. The summed E-state index contributed by atoms with van der Waals surface area (Å²) in [5.41, 5.74) is 5.43. The monoisotopic (exact) mass is 175 g/mol. The topological polar surface area (TPSA) is 111 Å². The van der Waals surface area contributed by atoms with Crippen LogP contribution in [0.2, 0.25) is 0 Å². The average Bonchev–Trinajstić information content (AvgIpc) is 2.46. The Balaban J connectivity index is 2.95. The Morgan fingerprint density at radius 1 is 1.62 bits per heavy atom. The van der Waals surface area contributed by atoms with E-state index in [1.165, 1.54) is 6.07 Å². The van der Waals surface area contributed by atoms with Crippen LogP contribution in [0.4, 0.5) is 5.82 Å². The van der Waals surface area contributed by atoms with Crippen LogP contribution in [-0.2, 0) is 0 Å².